The van der Waals surface area contributed by atoms with Crippen molar-refractivity contribution < 1.29 is 14.4 Å². The predicted octanol–water partition coefficient (Wildman–Crippen LogP) is 2.95. The van der Waals surface area contributed by atoms with Gasteiger partial charge in [-0.05, 0) is 18.3 Å². The molecule has 22 heavy (non-hydrogen) atoms. The maximum Gasteiger partial charge on any atom is 0.233 e. The predicted molar refractivity (Wildman–Crippen MR) is 82.9 cm³/mol. The number of fused-ring (bicyclic) bond motifs is 1. The number of nitrogens with zero attached hydrogens (tertiary/aromatic N) is 1. The standard InChI is InChI=1S/C18H27NO3/c1-2-3-9-19-17(21)15-11-13(20)10-14(16(15)18(19)22)12-7-5-4-6-8-12/h12,14-16H,2-11H2,1H3. The molecule has 1 heterocycles. The Hall–Kier alpha value is -1.19. The molecule has 0 N–H and O–H groups in total. The van der Waals surface area contributed by atoms with E-state index in [0.717, 1.165) is 25.7 Å². The Bertz CT molecular complexity index is 467. The lowest BCUT2D eigenvalue weighted by Gasteiger charge is -2.37. The van der Waals surface area contributed by atoms with E-state index in [1.807, 2.05) is 0 Å². The molecule has 2 aliphatic carbocycles. The third-order valence-electron chi connectivity index (χ3n) is 5.93. The van der Waals surface area contributed by atoms with E-state index in [0.29, 0.717) is 25.3 Å². The molecule has 0 radical (unpaired) electrons. The number of unbranched alkanes of at least 4 members (excludes halogenated alkanes) is 1. The average molecular weight is 305 g/mol. The van der Waals surface area contributed by atoms with Gasteiger partial charge in [0, 0.05) is 19.4 Å². The van der Waals surface area contributed by atoms with Gasteiger partial charge < -0.3 is 0 Å². The molecule has 3 fully saturated rings. The van der Waals surface area contributed by atoms with Crippen molar-refractivity contribution in [3.8, 4) is 0 Å². The first-order valence-electron chi connectivity index (χ1n) is 9.00. The SMILES string of the molecule is CCCCN1C(=O)C2CC(=O)CC(C3CCCCC3)C2C1=O. The van der Waals surface area contributed by atoms with E-state index in [-0.39, 0.29) is 35.4 Å². The molecule has 4 nitrogen and oxygen atoms in total. The first kappa shape index (κ1) is 15.7. The van der Waals surface area contributed by atoms with Gasteiger partial charge in [0.05, 0.1) is 11.8 Å². The fourth-order valence-electron chi connectivity index (χ4n) is 4.79. The topological polar surface area (TPSA) is 54.5 Å². The van der Waals surface area contributed by atoms with Crippen molar-refractivity contribution in [2.24, 2.45) is 23.7 Å². The summed E-state index contributed by atoms with van der Waals surface area (Å²) >= 11 is 0. The van der Waals surface area contributed by atoms with Crippen LogP contribution in [-0.2, 0) is 14.4 Å². The Labute approximate surface area is 132 Å². The Morgan fingerprint density at radius 2 is 1.73 bits per heavy atom. The third-order valence-corrected chi connectivity index (χ3v) is 5.93. The summed E-state index contributed by atoms with van der Waals surface area (Å²) < 4.78 is 0. The molecule has 0 bridgehead atoms. The van der Waals surface area contributed by atoms with Crippen LogP contribution >= 0.6 is 0 Å². The van der Waals surface area contributed by atoms with Crippen LogP contribution in [0.2, 0.25) is 0 Å². The van der Waals surface area contributed by atoms with Crippen LogP contribution in [0.4, 0.5) is 0 Å². The maximum absolute atomic E-state index is 12.8. The number of amides is 2. The van der Waals surface area contributed by atoms with Crippen molar-refractivity contribution in [3.63, 3.8) is 0 Å². The second-order valence-electron chi connectivity index (χ2n) is 7.32. The smallest absolute Gasteiger partial charge is 0.233 e. The summed E-state index contributed by atoms with van der Waals surface area (Å²) in [4.78, 5) is 39.0. The lowest BCUT2D eigenvalue weighted by molar-refractivity contribution is -0.140. The Morgan fingerprint density at radius 3 is 2.41 bits per heavy atom. The first-order valence-corrected chi connectivity index (χ1v) is 9.00. The van der Waals surface area contributed by atoms with Crippen LogP contribution < -0.4 is 0 Å². The minimum atomic E-state index is -0.350. The number of rotatable bonds is 4. The summed E-state index contributed by atoms with van der Waals surface area (Å²) in [6.45, 7) is 2.60. The number of imide groups is 1. The average Bonchev–Trinajstić information content (AvgIpc) is 2.77. The maximum atomic E-state index is 12.8. The number of ketones is 1. The summed E-state index contributed by atoms with van der Waals surface area (Å²) in [7, 11) is 0. The van der Waals surface area contributed by atoms with Crippen molar-refractivity contribution in [1.82, 2.24) is 4.90 Å². The second-order valence-corrected chi connectivity index (χ2v) is 7.32. The van der Waals surface area contributed by atoms with Gasteiger partial charge >= 0.3 is 0 Å². The van der Waals surface area contributed by atoms with E-state index in [1.54, 1.807) is 0 Å². The molecule has 0 aromatic carbocycles. The van der Waals surface area contributed by atoms with Gasteiger partial charge in [-0.2, -0.15) is 0 Å². The van der Waals surface area contributed by atoms with Crippen LogP contribution in [0.1, 0.15) is 64.7 Å². The highest BCUT2D eigenvalue weighted by Gasteiger charge is 2.55. The zero-order chi connectivity index (χ0) is 15.7. The van der Waals surface area contributed by atoms with E-state index in [1.165, 1.54) is 24.2 Å². The quantitative estimate of drug-likeness (QED) is 0.750. The van der Waals surface area contributed by atoms with Crippen molar-refractivity contribution in [2.75, 3.05) is 6.54 Å². The minimum Gasteiger partial charge on any atom is -0.300 e. The fourth-order valence-corrected chi connectivity index (χ4v) is 4.79. The molecule has 1 aliphatic heterocycles. The molecule has 3 atom stereocenters. The van der Waals surface area contributed by atoms with Gasteiger partial charge in [0.15, 0.2) is 0 Å². The largest absolute Gasteiger partial charge is 0.300 e. The number of Topliss-reactive ketones (excluding diaryl/α,β-unsaturated/α-hetero) is 1. The van der Waals surface area contributed by atoms with E-state index < -0.39 is 0 Å². The molecule has 122 valence electrons. The molecule has 0 spiro atoms. The Balaban J connectivity index is 1.82. The lowest BCUT2D eigenvalue weighted by Crippen LogP contribution is -2.39. The van der Waals surface area contributed by atoms with E-state index in [9.17, 15) is 14.4 Å². The van der Waals surface area contributed by atoms with Crippen molar-refractivity contribution in [1.29, 1.82) is 0 Å². The number of carbonyl (C=O) groups is 3. The molecule has 4 heteroatoms. The van der Waals surface area contributed by atoms with E-state index >= 15 is 0 Å². The summed E-state index contributed by atoms with van der Waals surface area (Å²) in [5.41, 5.74) is 0. The van der Waals surface area contributed by atoms with Crippen LogP contribution in [0.3, 0.4) is 0 Å². The lowest BCUT2D eigenvalue weighted by atomic mass is 9.64. The van der Waals surface area contributed by atoms with Crippen molar-refractivity contribution >= 4 is 17.6 Å². The number of hydrogen-bond donors (Lipinski definition) is 0. The van der Waals surface area contributed by atoms with Crippen LogP contribution in [0.15, 0.2) is 0 Å². The second kappa shape index (κ2) is 6.51. The van der Waals surface area contributed by atoms with Gasteiger partial charge in [0.2, 0.25) is 11.8 Å². The number of likely N-dealkylation sites (tertiary alicyclic amines) is 1. The molecule has 3 unspecified atom stereocenters. The monoisotopic (exact) mass is 305 g/mol. The molecular weight excluding hydrogens is 278 g/mol. The first-order chi connectivity index (χ1) is 10.6. The highest BCUT2D eigenvalue weighted by molar-refractivity contribution is 6.07. The Kier molecular flexibility index (Phi) is 4.65. The van der Waals surface area contributed by atoms with Crippen LogP contribution in [-0.4, -0.2) is 29.0 Å². The molecule has 3 aliphatic rings. The molecule has 0 aromatic heterocycles. The van der Waals surface area contributed by atoms with Crippen LogP contribution in [0.25, 0.3) is 0 Å². The minimum absolute atomic E-state index is 0.0199. The summed E-state index contributed by atoms with van der Waals surface area (Å²) in [5, 5.41) is 0. The number of carbonyl (C=O) groups excluding carboxylic acids is 3. The third kappa shape index (κ3) is 2.72. The van der Waals surface area contributed by atoms with Crippen molar-refractivity contribution in [3.05, 3.63) is 0 Å². The summed E-state index contributed by atoms with van der Waals surface area (Å²) in [5.74, 6) is 0.171. The van der Waals surface area contributed by atoms with Crippen LogP contribution in [0.5, 0.6) is 0 Å². The van der Waals surface area contributed by atoms with E-state index in [2.05, 4.69) is 6.92 Å². The van der Waals surface area contributed by atoms with Crippen molar-refractivity contribution in [2.45, 2.75) is 64.7 Å². The fraction of sp³-hybridized carbons (Fsp3) is 0.833. The molecule has 2 saturated carbocycles. The Morgan fingerprint density at radius 1 is 1.00 bits per heavy atom. The van der Waals surface area contributed by atoms with Gasteiger partial charge in [-0.15, -0.1) is 0 Å². The molecule has 1 saturated heterocycles. The van der Waals surface area contributed by atoms with E-state index in [4.69, 9.17) is 0 Å². The summed E-state index contributed by atoms with van der Waals surface area (Å²) in [6, 6.07) is 0. The van der Waals surface area contributed by atoms with Crippen LogP contribution in [0, 0.1) is 23.7 Å². The zero-order valence-electron chi connectivity index (χ0n) is 13.6. The van der Waals surface area contributed by atoms with Gasteiger partial charge in [-0.25, -0.2) is 0 Å². The van der Waals surface area contributed by atoms with Gasteiger partial charge in [-0.3, -0.25) is 19.3 Å². The zero-order valence-corrected chi connectivity index (χ0v) is 13.6. The molecule has 2 amide bonds. The molecular formula is C18H27NO3. The number of hydrogen-bond acceptors (Lipinski definition) is 3. The normalized spacial score (nSPS) is 33.4. The summed E-state index contributed by atoms with van der Waals surface area (Å²) in [6.07, 6.45) is 8.56. The molecule has 0 aromatic rings. The highest BCUT2D eigenvalue weighted by atomic mass is 16.2. The molecule has 3 rings (SSSR count). The van der Waals surface area contributed by atoms with Gasteiger partial charge in [-0.1, -0.05) is 45.4 Å². The van der Waals surface area contributed by atoms with Gasteiger partial charge in [0.1, 0.15) is 5.78 Å². The highest BCUT2D eigenvalue weighted by Crippen LogP contribution is 2.47. The van der Waals surface area contributed by atoms with Gasteiger partial charge in [0.25, 0.3) is 0 Å².